The summed E-state index contributed by atoms with van der Waals surface area (Å²) in [5.41, 5.74) is 1.72. The molecule has 1 N–H and O–H groups in total. The first kappa shape index (κ1) is 9.87. The van der Waals surface area contributed by atoms with Crippen LogP contribution in [0.2, 0.25) is 0 Å². The smallest absolute Gasteiger partial charge is 0.128 e. The van der Waals surface area contributed by atoms with Gasteiger partial charge in [-0.2, -0.15) is 0 Å². The van der Waals surface area contributed by atoms with Crippen LogP contribution in [0.15, 0.2) is 54.7 Å². The van der Waals surface area contributed by atoms with Crippen LogP contribution < -0.4 is 0 Å². The first-order valence-corrected chi connectivity index (χ1v) is 4.86. The predicted octanol–water partition coefficient (Wildman–Crippen LogP) is 2.58. The second kappa shape index (κ2) is 4.71. The maximum absolute atomic E-state index is 9.85. The van der Waals surface area contributed by atoms with Gasteiger partial charge in [0.2, 0.25) is 0 Å². The summed E-state index contributed by atoms with van der Waals surface area (Å²) in [6, 6.07) is 15.2. The fraction of sp³-hybridized carbons (Fsp3) is 0.0769. The molecule has 2 rings (SSSR count). The standard InChI is InChI=1S/C13H12NO/c15-13(11-6-2-1-3-7-11)10-12-8-4-5-9-14-12/h1-9,15H,10H2. The number of aromatic nitrogens is 1. The summed E-state index contributed by atoms with van der Waals surface area (Å²) in [6.45, 7) is 0. The number of aliphatic hydroxyl groups is 1. The monoisotopic (exact) mass is 198 g/mol. The highest BCUT2D eigenvalue weighted by Crippen LogP contribution is 2.15. The quantitative estimate of drug-likeness (QED) is 0.822. The maximum Gasteiger partial charge on any atom is 0.128 e. The number of pyridine rings is 1. The van der Waals surface area contributed by atoms with Crippen LogP contribution >= 0.6 is 0 Å². The molecule has 1 radical (unpaired) electrons. The van der Waals surface area contributed by atoms with Gasteiger partial charge in [0.05, 0.1) is 0 Å². The van der Waals surface area contributed by atoms with Crippen molar-refractivity contribution in [3.05, 3.63) is 72.1 Å². The average molecular weight is 198 g/mol. The van der Waals surface area contributed by atoms with Crippen LogP contribution in [0.3, 0.4) is 0 Å². The third kappa shape index (κ3) is 2.64. The van der Waals surface area contributed by atoms with Crippen molar-refractivity contribution in [1.29, 1.82) is 0 Å². The van der Waals surface area contributed by atoms with Crippen molar-refractivity contribution >= 4 is 0 Å². The lowest BCUT2D eigenvalue weighted by Crippen LogP contribution is -2.03. The molecule has 0 spiro atoms. The lowest BCUT2D eigenvalue weighted by atomic mass is 10.0. The number of hydrogen-bond donors (Lipinski definition) is 1. The van der Waals surface area contributed by atoms with Crippen molar-refractivity contribution in [2.75, 3.05) is 0 Å². The van der Waals surface area contributed by atoms with Gasteiger partial charge in [0.1, 0.15) is 6.10 Å². The number of rotatable bonds is 3. The number of nitrogens with zero attached hydrogens (tertiary/aromatic N) is 1. The van der Waals surface area contributed by atoms with Gasteiger partial charge in [0, 0.05) is 18.3 Å². The van der Waals surface area contributed by atoms with Crippen LogP contribution in [0.4, 0.5) is 0 Å². The van der Waals surface area contributed by atoms with Gasteiger partial charge in [-0.15, -0.1) is 0 Å². The molecule has 0 bridgehead atoms. The predicted molar refractivity (Wildman–Crippen MR) is 58.7 cm³/mol. The summed E-state index contributed by atoms with van der Waals surface area (Å²) in [6.07, 6.45) is 2.56. The zero-order chi connectivity index (χ0) is 10.5. The summed E-state index contributed by atoms with van der Waals surface area (Å²) in [7, 11) is 0. The zero-order valence-electron chi connectivity index (χ0n) is 8.30. The van der Waals surface area contributed by atoms with E-state index < -0.39 is 0 Å². The summed E-state index contributed by atoms with van der Waals surface area (Å²) in [4.78, 5) is 4.16. The molecule has 0 aliphatic heterocycles. The van der Waals surface area contributed by atoms with Crippen molar-refractivity contribution in [3.63, 3.8) is 0 Å². The van der Waals surface area contributed by atoms with Crippen molar-refractivity contribution < 1.29 is 5.11 Å². The summed E-state index contributed by atoms with van der Waals surface area (Å²) < 4.78 is 0. The molecular weight excluding hydrogens is 186 g/mol. The highest BCUT2D eigenvalue weighted by atomic mass is 16.3. The Morgan fingerprint density at radius 2 is 1.73 bits per heavy atom. The zero-order valence-corrected chi connectivity index (χ0v) is 8.30. The maximum atomic E-state index is 9.85. The minimum absolute atomic E-state index is 0.356. The molecule has 0 amide bonds. The van der Waals surface area contributed by atoms with E-state index in [0.717, 1.165) is 11.3 Å². The Balaban J connectivity index is 2.08. The molecule has 0 aliphatic carbocycles. The highest BCUT2D eigenvalue weighted by molar-refractivity contribution is 5.28. The minimum Gasteiger partial charge on any atom is -0.381 e. The molecule has 0 unspecified atom stereocenters. The Bertz CT molecular complexity index is 399. The van der Waals surface area contributed by atoms with E-state index in [0.29, 0.717) is 12.5 Å². The Morgan fingerprint density at radius 1 is 1.00 bits per heavy atom. The highest BCUT2D eigenvalue weighted by Gasteiger charge is 2.09. The minimum atomic E-state index is 0.356. The van der Waals surface area contributed by atoms with E-state index in [1.54, 1.807) is 6.20 Å². The Morgan fingerprint density at radius 3 is 2.40 bits per heavy atom. The van der Waals surface area contributed by atoms with Crippen LogP contribution in [0.25, 0.3) is 0 Å². The largest absolute Gasteiger partial charge is 0.381 e. The normalized spacial score (nSPS) is 10.5. The molecule has 1 heterocycles. The molecule has 2 aromatic rings. The van der Waals surface area contributed by atoms with Crippen LogP contribution in [-0.2, 0) is 6.42 Å². The summed E-state index contributed by atoms with van der Waals surface area (Å²) >= 11 is 0. The molecule has 0 atom stereocenters. The first-order valence-electron chi connectivity index (χ1n) is 4.86. The van der Waals surface area contributed by atoms with E-state index >= 15 is 0 Å². The van der Waals surface area contributed by atoms with E-state index in [1.807, 2.05) is 48.5 Å². The average Bonchev–Trinajstić information content (AvgIpc) is 2.31. The molecule has 15 heavy (non-hydrogen) atoms. The van der Waals surface area contributed by atoms with Crippen molar-refractivity contribution in [3.8, 4) is 0 Å². The molecule has 2 heteroatoms. The van der Waals surface area contributed by atoms with Crippen LogP contribution in [0.5, 0.6) is 0 Å². The van der Waals surface area contributed by atoms with E-state index in [9.17, 15) is 5.11 Å². The van der Waals surface area contributed by atoms with Gasteiger partial charge in [-0.1, -0.05) is 36.4 Å². The van der Waals surface area contributed by atoms with Crippen LogP contribution in [0, 0.1) is 6.10 Å². The Kier molecular flexibility index (Phi) is 3.10. The second-order valence-electron chi connectivity index (χ2n) is 3.31. The van der Waals surface area contributed by atoms with Gasteiger partial charge in [0.25, 0.3) is 0 Å². The van der Waals surface area contributed by atoms with Crippen LogP contribution in [0.1, 0.15) is 11.3 Å². The lowest BCUT2D eigenvalue weighted by Gasteiger charge is -2.08. The Labute approximate surface area is 89.2 Å². The van der Waals surface area contributed by atoms with E-state index in [1.165, 1.54) is 0 Å². The first-order chi connectivity index (χ1) is 7.36. The summed E-state index contributed by atoms with van der Waals surface area (Å²) in [5.74, 6) is 0. The molecule has 0 saturated heterocycles. The summed E-state index contributed by atoms with van der Waals surface area (Å²) in [5, 5.41) is 9.85. The van der Waals surface area contributed by atoms with Gasteiger partial charge in [-0.25, -0.2) is 0 Å². The van der Waals surface area contributed by atoms with E-state index in [-0.39, 0.29) is 0 Å². The molecule has 0 fully saturated rings. The van der Waals surface area contributed by atoms with E-state index in [4.69, 9.17) is 0 Å². The topological polar surface area (TPSA) is 33.1 Å². The molecule has 0 aliphatic rings. The van der Waals surface area contributed by atoms with Gasteiger partial charge in [-0.3, -0.25) is 4.98 Å². The van der Waals surface area contributed by atoms with Gasteiger partial charge < -0.3 is 5.11 Å². The van der Waals surface area contributed by atoms with Gasteiger partial charge in [0.15, 0.2) is 0 Å². The van der Waals surface area contributed by atoms with Gasteiger partial charge >= 0.3 is 0 Å². The SMILES string of the molecule is O[C](Cc1ccccn1)c1ccccc1. The number of aliphatic hydroxyl groups excluding tert-OH is 1. The van der Waals surface area contributed by atoms with Crippen molar-refractivity contribution in [2.45, 2.75) is 6.42 Å². The van der Waals surface area contributed by atoms with Crippen molar-refractivity contribution in [2.24, 2.45) is 0 Å². The molecule has 1 aromatic heterocycles. The van der Waals surface area contributed by atoms with Crippen molar-refractivity contribution in [1.82, 2.24) is 4.98 Å². The van der Waals surface area contributed by atoms with Gasteiger partial charge in [-0.05, 0) is 17.7 Å². The molecule has 2 nitrogen and oxygen atoms in total. The van der Waals surface area contributed by atoms with E-state index in [2.05, 4.69) is 4.98 Å². The number of hydrogen-bond acceptors (Lipinski definition) is 2. The number of benzene rings is 1. The second-order valence-corrected chi connectivity index (χ2v) is 3.31. The molecule has 1 aromatic carbocycles. The lowest BCUT2D eigenvalue weighted by molar-refractivity contribution is 0.322. The Hall–Kier alpha value is -1.67. The molecule has 75 valence electrons. The third-order valence-corrected chi connectivity index (χ3v) is 2.18. The molecular formula is C13H12NO. The van der Waals surface area contributed by atoms with Crippen LogP contribution in [-0.4, -0.2) is 10.1 Å². The fourth-order valence-electron chi connectivity index (χ4n) is 1.41. The molecule has 0 saturated carbocycles. The third-order valence-electron chi connectivity index (χ3n) is 2.18. The fourth-order valence-corrected chi connectivity index (χ4v) is 1.41.